The van der Waals surface area contributed by atoms with Crippen LogP contribution in [0, 0.1) is 5.92 Å². The van der Waals surface area contributed by atoms with E-state index in [1.807, 2.05) is 0 Å². The third kappa shape index (κ3) is 4.48. The van der Waals surface area contributed by atoms with E-state index in [1.165, 1.54) is 0 Å². The molecule has 0 saturated carbocycles. The smallest absolute Gasteiger partial charge is 0.334 e. The van der Waals surface area contributed by atoms with Gasteiger partial charge in [0.15, 0.2) is 0 Å². The Labute approximate surface area is 104 Å². The van der Waals surface area contributed by atoms with Crippen LogP contribution in [0.5, 0.6) is 0 Å². The molecular formula is C13H24N2O2. The van der Waals surface area contributed by atoms with E-state index in [-0.39, 0.29) is 5.97 Å². The first-order valence-electron chi connectivity index (χ1n) is 6.31. The fraction of sp³-hybridized carbons (Fsp3) is 0.769. The monoisotopic (exact) mass is 240 g/mol. The van der Waals surface area contributed by atoms with Crippen molar-refractivity contribution in [2.45, 2.75) is 26.3 Å². The summed E-state index contributed by atoms with van der Waals surface area (Å²) in [5.41, 5.74) is 0.512. The highest BCUT2D eigenvalue weighted by Gasteiger charge is 2.24. The van der Waals surface area contributed by atoms with E-state index in [0.717, 1.165) is 19.5 Å². The van der Waals surface area contributed by atoms with E-state index in [2.05, 4.69) is 30.8 Å². The molecule has 0 radical (unpaired) electrons. The van der Waals surface area contributed by atoms with E-state index < -0.39 is 0 Å². The maximum Gasteiger partial charge on any atom is 0.334 e. The van der Waals surface area contributed by atoms with E-state index >= 15 is 0 Å². The Bertz CT molecular complexity index is 279. The van der Waals surface area contributed by atoms with Gasteiger partial charge in [-0.1, -0.05) is 13.5 Å². The first-order valence-corrected chi connectivity index (χ1v) is 6.31. The minimum absolute atomic E-state index is 0.291. The highest BCUT2D eigenvalue weighted by atomic mass is 16.5. The summed E-state index contributed by atoms with van der Waals surface area (Å²) >= 11 is 0. The van der Waals surface area contributed by atoms with E-state index in [1.54, 1.807) is 6.92 Å². The Kier molecular flexibility index (Phi) is 5.65. The van der Waals surface area contributed by atoms with Crippen LogP contribution in [0.25, 0.3) is 0 Å². The van der Waals surface area contributed by atoms with Crippen molar-refractivity contribution in [1.29, 1.82) is 0 Å². The highest BCUT2D eigenvalue weighted by Crippen LogP contribution is 2.15. The van der Waals surface area contributed by atoms with Crippen molar-refractivity contribution < 1.29 is 9.53 Å². The number of carbonyl (C=O) groups is 1. The van der Waals surface area contributed by atoms with Gasteiger partial charge in [0.25, 0.3) is 0 Å². The van der Waals surface area contributed by atoms with Crippen molar-refractivity contribution >= 4 is 5.97 Å². The molecule has 0 aromatic carbocycles. The Balaban J connectivity index is 2.30. The molecule has 4 heteroatoms. The van der Waals surface area contributed by atoms with Crippen molar-refractivity contribution in [3.63, 3.8) is 0 Å². The molecule has 0 bridgehead atoms. The van der Waals surface area contributed by atoms with E-state index in [0.29, 0.717) is 30.7 Å². The van der Waals surface area contributed by atoms with Crippen LogP contribution in [0.3, 0.4) is 0 Å². The maximum atomic E-state index is 11.4. The summed E-state index contributed by atoms with van der Waals surface area (Å²) in [6.07, 6.45) is 1.12. The molecule has 2 atom stereocenters. The van der Waals surface area contributed by atoms with Crippen LogP contribution in [0.1, 0.15) is 20.3 Å². The summed E-state index contributed by atoms with van der Waals surface area (Å²) in [6, 6.07) is 0.470. The van der Waals surface area contributed by atoms with Crippen LogP contribution in [-0.2, 0) is 9.53 Å². The molecule has 2 unspecified atom stereocenters. The molecule has 1 fully saturated rings. The van der Waals surface area contributed by atoms with Crippen molar-refractivity contribution in [1.82, 2.24) is 10.2 Å². The Morgan fingerprint density at radius 2 is 2.29 bits per heavy atom. The van der Waals surface area contributed by atoms with Gasteiger partial charge in [0, 0.05) is 24.7 Å². The molecule has 1 N–H and O–H groups in total. The van der Waals surface area contributed by atoms with Gasteiger partial charge >= 0.3 is 5.97 Å². The van der Waals surface area contributed by atoms with Crippen LogP contribution in [0.2, 0.25) is 0 Å². The van der Waals surface area contributed by atoms with Crippen LogP contribution in [0.15, 0.2) is 12.2 Å². The Morgan fingerprint density at radius 1 is 1.59 bits per heavy atom. The summed E-state index contributed by atoms with van der Waals surface area (Å²) in [5, 5.41) is 3.40. The molecule has 17 heavy (non-hydrogen) atoms. The molecule has 4 nitrogen and oxygen atoms in total. The van der Waals surface area contributed by atoms with Crippen molar-refractivity contribution in [3.05, 3.63) is 12.2 Å². The lowest BCUT2D eigenvalue weighted by atomic mass is 9.94. The van der Waals surface area contributed by atoms with Gasteiger partial charge in [0.05, 0.1) is 6.61 Å². The van der Waals surface area contributed by atoms with Crippen LogP contribution < -0.4 is 5.32 Å². The molecule has 0 aromatic heterocycles. The van der Waals surface area contributed by atoms with E-state index in [4.69, 9.17) is 4.74 Å². The van der Waals surface area contributed by atoms with Crippen LogP contribution in [-0.4, -0.2) is 50.2 Å². The fourth-order valence-electron chi connectivity index (χ4n) is 2.22. The number of piperidine rings is 1. The molecule has 0 spiro atoms. The molecule has 98 valence electrons. The minimum atomic E-state index is -0.291. The average Bonchev–Trinajstić information content (AvgIpc) is 2.27. The second-order valence-electron chi connectivity index (χ2n) is 4.84. The first kappa shape index (κ1) is 14.2. The zero-order chi connectivity index (χ0) is 12.8. The molecule has 1 saturated heterocycles. The van der Waals surface area contributed by atoms with Gasteiger partial charge in [-0.15, -0.1) is 0 Å². The molecule has 1 heterocycles. The predicted octanol–water partition coefficient (Wildman–Crippen LogP) is 1.04. The number of carbonyl (C=O) groups excluding carboxylic acids is 1. The maximum absolute atomic E-state index is 11.4. The minimum Gasteiger partial charge on any atom is -0.463 e. The third-order valence-corrected chi connectivity index (χ3v) is 3.25. The summed E-state index contributed by atoms with van der Waals surface area (Å²) in [7, 11) is 2.14. The standard InChI is InChI=1S/C13H24N2O2/c1-5-17-13(16)10(2)8-14-12-6-7-15(4)9-11(12)3/h11-12,14H,2,5-9H2,1,3-4H3. The van der Waals surface area contributed by atoms with Crippen molar-refractivity contribution in [2.24, 2.45) is 5.92 Å². The molecule has 0 aromatic rings. The molecule has 0 aliphatic carbocycles. The Morgan fingerprint density at radius 3 is 2.88 bits per heavy atom. The normalized spacial score (nSPS) is 25.6. The third-order valence-electron chi connectivity index (χ3n) is 3.25. The average molecular weight is 240 g/mol. The second kappa shape index (κ2) is 6.77. The molecule has 1 rings (SSSR count). The lowest BCUT2D eigenvalue weighted by Gasteiger charge is -2.35. The number of esters is 1. The lowest BCUT2D eigenvalue weighted by Crippen LogP contribution is -2.47. The predicted molar refractivity (Wildman–Crippen MR) is 68.8 cm³/mol. The van der Waals surface area contributed by atoms with Crippen LogP contribution in [0.4, 0.5) is 0 Å². The van der Waals surface area contributed by atoms with Gasteiger partial charge in [-0.05, 0) is 32.9 Å². The zero-order valence-corrected chi connectivity index (χ0v) is 11.2. The first-order chi connectivity index (χ1) is 8.04. The van der Waals surface area contributed by atoms with Crippen molar-refractivity contribution in [3.8, 4) is 0 Å². The highest BCUT2D eigenvalue weighted by molar-refractivity contribution is 5.88. The fourth-order valence-corrected chi connectivity index (χ4v) is 2.22. The summed E-state index contributed by atoms with van der Waals surface area (Å²) in [5.74, 6) is 0.310. The van der Waals surface area contributed by atoms with Gasteiger partial charge in [-0.25, -0.2) is 4.79 Å². The number of hydrogen-bond donors (Lipinski definition) is 1. The number of hydrogen-bond acceptors (Lipinski definition) is 4. The SMILES string of the molecule is C=C(CNC1CCN(C)CC1C)C(=O)OCC. The number of rotatable bonds is 5. The topological polar surface area (TPSA) is 41.6 Å². The number of nitrogens with zero attached hydrogens (tertiary/aromatic N) is 1. The largest absolute Gasteiger partial charge is 0.463 e. The molecule has 0 amide bonds. The van der Waals surface area contributed by atoms with Crippen molar-refractivity contribution in [2.75, 3.05) is 33.3 Å². The van der Waals surface area contributed by atoms with E-state index in [9.17, 15) is 4.79 Å². The summed E-state index contributed by atoms with van der Waals surface area (Å²) < 4.78 is 4.90. The zero-order valence-electron chi connectivity index (χ0n) is 11.2. The molecule has 1 aliphatic heterocycles. The number of nitrogens with one attached hydrogen (secondary N) is 1. The lowest BCUT2D eigenvalue weighted by molar-refractivity contribution is -0.138. The van der Waals surface area contributed by atoms with Gasteiger partial charge in [0.1, 0.15) is 0 Å². The summed E-state index contributed by atoms with van der Waals surface area (Å²) in [6.45, 7) is 10.9. The quantitative estimate of drug-likeness (QED) is 0.576. The van der Waals surface area contributed by atoms with Crippen LogP contribution >= 0.6 is 0 Å². The van der Waals surface area contributed by atoms with Gasteiger partial charge in [-0.3, -0.25) is 0 Å². The molecule has 1 aliphatic rings. The van der Waals surface area contributed by atoms with Gasteiger partial charge in [0.2, 0.25) is 0 Å². The summed E-state index contributed by atoms with van der Waals surface area (Å²) in [4.78, 5) is 13.7. The van der Waals surface area contributed by atoms with Gasteiger partial charge in [-0.2, -0.15) is 0 Å². The number of likely N-dealkylation sites (tertiary alicyclic amines) is 1. The second-order valence-corrected chi connectivity index (χ2v) is 4.84. The number of ether oxygens (including phenoxy) is 1. The van der Waals surface area contributed by atoms with Gasteiger partial charge < -0.3 is 15.0 Å². The Hall–Kier alpha value is -0.870. The molecular weight excluding hydrogens is 216 g/mol.